The van der Waals surface area contributed by atoms with Crippen molar-refractivity contribution in [1.82, 2.24) is 0 Å². The molecule has 392 valence electrons. The van der Waals surface area contributed by atoms with Crippen molar-refractivity contribution in [2.45, 2.75) is 348 Å². The summed E-state index contributed by atoms with van der Waals surface area (Å²) < 4.78 is 16.9. The minimum absolute atomic E-state index is 0.0620. The van der Waals surface area contributed by atoms with E-state index in [4.69, 9.17) is 14.2 Å². The van der Waals surface area contributed by atoms with E-state index >= 15 is 0 Å². The number of unbranched alkanes of at least 4 members (excludes halogenated alkanes) is 42. The van der Waals surface area contributed by atoms with E-state index in [0.717, 1.165) is 63.7 Å². The first kappa shape index (κ1) is 64.4. The van der Waals surface area contributed by atoms with Gasteiger partial charge >= 0.3 is 17.9 Å². The third kappa shape index (κ3) is 53.4. The summed E-state index contributed by atoms with van der Waals surface area (Å²) in [7, 11) is 0. The Morgan fingerprint density at radius 1 is 0.288 bits per heavy atom. The normalized spacial score (nSPS) is 12.0. The Kier molecular flexibility index (Phi) is 53.0. The maximum Gasteiger partial charge on any atom is 0.306 e. The molecule has 0 aliphatic heterocycles. The van der Waals surface area contributed by atoms with Gasteiger partial charge in [0, 0.05) is 19.3 Å². The van der Waals surface area contributed by atoms with Crippen molar-refractivity contribution < 1.29 is 28.6 Å². The monoisotopic (exact) mass is 933 g/mol. The summed E-state index contributed by atoms with van der Waals surface area (Å²) in [5, 5.41) is 0. The SMILES string of the molecule is CCCCCCCCCCCCCCCCCCCCCC(=O)OC[C@H](COC(=O)CCCCCCCCCCCCCCCCCC)OC(=O)CCCCCCCCCCCCC(C)C. The highest BCUT2D eigenvalue weighted by atomic mass is 16.6. The first-order chi connectivity index (χ1) is 32.4. The van der Waals surface area contributed by atoms with Crippen LogP contribution in [-0.4, -0.2) is 37.2 Å². The lowest BCUT2D eigenvalue weighted by molar-refractivity contribution is -0.167. The Balaban J connectivity index is 4.26. The van der Waals surface area contributed by atoms with Gasteiger partial charge in [-0.3, -0.25) is 14.4 Å². The van der Waals surface area contributed by atoms with Crippen molar-refractivity contribution in [3.63, 3.8) is 0 Å². The van der Waals surface area contributed by atoms with Gasteiger partial charge in [-0.2, -0.15) is 0 Å². The van der Waals surface area contributed by atoms with E-state index in [1.165, 1.54) is 238 Å². The molecule has 0 aliphatic rings. The average molecular weight is 934 g/mol. The van der Waals surface area contributed by atoms with Crippen molar-refractivity contribution >= 4 is 17.9 Å². The number of hydrogen-bond acceptors (Lipinski definition) is 6. The third-order valence-electron chi connectivity index (χ3n) is 13.8. The zero-order chi connectivity index (χ0) is 48.1. The van der Waals surface area contributed by atoms with E-state index in [2.05, 4.69) is 27.7 Å². The van der Waals surface area contributed by atoms with Crippen LogP contribution >= 0.6 is 0 Å². The van der Waals surface area contributed by atoms with Gasteiger partial charge in [0.05, 0.1) is 0 Å². The number of ether oxygens (including phenoxy) is 3. The zero-order valence-electron chi connectivity index (χ0n) is 45.2. The molecular formula is C60H116O6. The predicted octanol–water partition coefficient (Wildman–Crippen LogP) is 19.8. The summed E-state index contributed by atoms with van der Waals surface area (Å²) in [6.07, 6.45) is 59.6. The highest BCUT2D eigenvalue weighted by Crippen LogP contribution is 2.18. The number of rotatable bonds is 55. The van der Waals surface area contributed by atoms with Gasteiger partial charge in [-0.05, 0) is 25.2 Å². The van der Waals surface area contributed by atoms with Crippen molar-refractivity contribution in [1.29, 1.82) is 0 Å². The van der Waals surface area contributed by atoms with E-state index in [1.807, 2.05) is 0 Å². The molecule has 0 amide bonds. The van der Waals surface area contributed by atoms with Gasteiger partial charge in [0.15, 0.2) is 6.10 Å². The van der Waals surface area contributed by atoms with Gasteiger partial charge in [-0.1, -0.05) is 304 Å². The van der Waals surface area contributed by atoms with E-state index in [0.29, 0.717) is 19.3 Å². The average Bonchev–Trinajstić information content (AvgIpc) is 3.30. The molecule has 1 atom stereocenters. The van der Waals surface area contributed by atoms with Crippen LogP contribution in [0.25, 0.3) is 0 Å². The predicted molar refractivity (Wildman–Crippen MR) is 284 cm³/mol. The molecular weight excluding hydrogens is 817 g/mol. The molecule has 0 saturated carbocycles. The minimum atomic E-state index is -0.762. The zero-order valence-corrected chi connectivity index (χ0v) is 45.2. The summed E-state index contributed by atoms with van der Waals surface area (Å²) in [6, 6.07) is 0. The fourth-order valence-corrected chi connectivity index (χ4v) is 9.28. The Morgan fingerprint density at radius 3 is 0.742 bits per heavy atom. The fraction of sp³-hybridized carbons (Fsp3) is 0.950. The number of carbonyl (C=O) groups excluding carboxylic acids is 3. The number of carbonyl (C=O) groups is 3. The van der Waals surface area contributed by atoms with E-state index in [9.17, 15) is 14.4 Å². The second-order valence-corrected chi connectivity index (χ2v) is 21.1. The highest BCUT2D eigenvalue weighted by Gasteiger charge is 2.19. The molecule has 0 aliphatic carbocycles. The van der Waals surface area contributed by atoms with Crippen LogP contribution in [0.5, 0.6) is 0 Å². The van der Waals surface area contributed by atoms with Gasteiger partial charge in [0.1, 0.15) is 13.2 Å². The van der Waals surface area contributed by atoms with Crippen molar-refractivity contribution in [2.75, 3.05) is 13.2 Å². The number of hydrogen-bond donors (Lipinski definition) is 0. The van der Waals surface area contributed by atoms with Gasteiger partial charge in [0.25, 0.3) is 0 Å². The molecule has 0 fully saturated rings. The third-order valence-corrected chi connectivity index (χ3v) is 13.8. The summed E-state index contributed by atoms with van der Waals surface area (Å²) in [5.74, 6) is -0.0184. The molecule has 0 unspecified atom stereocenters. The fourth-order valence-electron chi connectivity index (χ4n) is 9.28. The van der Waals surface area contributed by atoms with Crippen LogP contribution in [0.1, 0.15) is 342 Å². The van der Waals surface area contributed by atoms with Gasteiger partial charge in [-0.15, -0.1) is 0 Å². The molecule has 0 aromatic heterocycles. The van der Waals surface area contributed by atoms with Gasteiger partial charge in [-0.25, -0.2) is 0 Å². The van der Waals surface area contributed by atoms with Crippen molar-refractivity contribution in [2.24, 2.45) is 5.92 Å². The van der Waals surface area contributed by atoms with Crippen LogP contribution in [-0.2, 0) is 28.6 Å². The van der Waals surface area contributed by atoms with E-state index in [-0.39, 0.29) is 31.1 Å². The standard InChI is InChI=1S/C60H116O6/c1-5-7-9-11-13-15-17-19-21-23-24-25-27-29-31-36-40-44-48-52-59(62)65-55-57(66-60(63)53-49-45-41-37-33-32-34-38-42-46-50-56(3)4)54-64-58(61)51-47-43-39-35-30-28-26-22-20-18-16-14-12-10-8-6-2/h56-57H,5-55H2,1-4H3/t57-/m0/s1. The second-order valence-electron chi connectivity index (χ2n) is 21.1. The molecule has 0 rings (SSSR count). The Hall–Kier alpha value is -1.59. The van der Waals surface area contributed by atoms with Crippen LogP contribution < -0.4 is 0 Å². The Morgan fingerprint density at radius 2 is 0.500 bits per heavy atom. The summed E-state index contributed by atoms with van der Waals surface area (Å²) in [4.78, 5) is 38.2. The maximum atomic E-state index is 12.8. The van der Waals surface area contributed by atoms with E-state index in [1.54, 1.807) is 0 Å². The lowest BCUT2D eigenvalue weighted by atomic mass is 10.0. The summed E-state index contributed by atoms with van der Waals surface area (Å²) in [5.41, 5.74) is 0. The smallest absolute Gasteiger partial charge is 0.306 e. The molecule has 0 aromatic rings. The lowest BCUT2D eigenvalue weighted by Gasteiger charge is -2.18. The molecule has 0 N–H and O–H groups in total. The summed E-state index contributed by atoms with van der Waals surface area (Å²) in [6.45, 7) is 9.05. The Labute approximate surface area is 412 Å². The second kappa shape index (κ2) is 54.4. The molecule has 0 radical (unpaired) electrons. The van der Waals surface area contributed by atoms with Crippen molar-refractivity contribution in [3.05, 3.63) is 0 Å². The minimum Gasteiger partial charge on any atom is -0.462 e. The molecule has 0 saturated heterocycles. The van der Waals surface area contributed by atoms with E-state index < -0.39 is 6.10 Å². The van der Waals surface area contributed by atoms with Crippen LogP contribution in [0.2, 0.25) is 0 Å². The largest absolute Gasteiger partial charge is 0.462 e. The first-order valence-corrected chi connectivity index (χ1v) is 29.9. The topological polar surface area (TPSA) is 78.9 Å². The molecule has 0 heterocycles. The van der Waals surface area contributed by atoms with Crippen LogP contribution in [0, 0.1) is 5.92 Å². The lowest BCUT2D eigenvalue weighted by Crippen LogP contribution is -2.30. The number of esters is 3. The molecule has 0 spiro atoms. The first-order valence-electron chi connectivity index (χ1n) is 29.9. The van der Waals surface area contributed by atoms with Gasteiger partial charge < -0.3 is 14.2 Å². The van der Waals surface area contributed by atoms with Crippen molar-refractivity contribution in [3.8, 4) is 0 Å². The Bertz CT molecular complexity index is 996. The van der Waals surface area contributed by atoms with Gasteiger partial charge in [0.2, 0.25) is 0 Å². The molecule has 66 heavy (non-hydrogen) atoms. The molecule has 6 heteroatoms. The molecule has 0 bridgehead atoms. The molecule has 0 aromatic carbocycles. The van der Waals surface area contributed by atoms with Crippen LogP contribution in [0.4, 0.5) is 0 Å². The van der Waals surface area contributed by atoms with Crippen LogP contribution in [0.15, 0.2) is 0 Å². The highest BCUT2D eigenvalue weighted by molar-refractivity contribution is 5.71. The van der Waals surface area contributed by atoms with Crippen LogP contribution in [0.3, 0.4) is 0 Å². The molecule has 6 nitrogen and oxygen atoms in total. The summed E-state index contributed by atoms with van der Waals surface area (Å²) >= 11 is 0. The quantitative estimate of drug-likeness (QED) is 0.0343. The maximum absolute atomic E-state index is 12.8.